The largest absolute Gasteiger partial charge is 0.353 e. The molecule has 0 aromatic heterocycles. The van der Waals surface area contributed by atoms with Crippen LogP contribution in [0.4, 0.5) is 0 Å². The summed E-state index contributed by atoms with van der Waals surface area (Å²) in [6.45, 7) is 4.72. The van der Waals surface area contributed by atoms with Gasteiger partial charge < -0.3 is 9.47 Å². The Labute approximate surface area is 72.1 Å². The summed E-state index contributed by atoms with van der Waals surface area (Å²) in [4.78, 5) is 0. The monoisotopic (exact) mass is 176 g/mol. The minimum atomic E-state index is -0.0563. The molecule has 0 aliphatic carbocycles. The Kier molecular flexibility index (Phi) is 3.91. The van der Waals surface area contributed by atoms with Crippen molar-refractivity contribution in [3.63, 3.8) is 0 Å². The van der Waals surface area contributed by atoms with Gasteiger partial charge in [0.2, 0.25) is 0 Å². The second-order valence-corrected chi connectivity index (χ2v) is 3.16. The van der Waals surface area contributed by atoms with E-state index in [2.05, 4.69) is 6.58 Å². The van der Waals surface area contributed by atoms with E-state index < -0.39 is 0 Å². The van der Waals surface area contributed by atoms with Gasteiger partial charge in [0.1, 0.15) is 0 Å². The van der Waals surface area contributed by atoms with E-state index in [0.29, 0.717) is 11.6 Å². The molecule has 0 amide bonds. The number of ether oxygens (including phenoxy) is 2. The number of rotatable bonds is 3. The maximum atomic E-state index is 5.52. The van der Waals surface area contributed by atoms with Gasteiger partial charge in [-0.05, 0) is 19.3 Å². The van der Waals surface area contributed by atoms with Gasteiger partial charge in [0.15, 0.2) is 6.29 Å². The Morgan fingerprint density at radius 3 is 3.00 bits per heavy atom. The van der Waals surface area contributed by atoms with E-state index in [0.717, 1.165) is 19.4 Å². The Morgan fingerprint density at radius 2 is 2.45 bits per heavy atom. The summed E-state index contributed by atoms with van der Waals surface area (Å²) >= 11 is 5.52. The number of hydrogen-bond acceptors (Lipinski definition) is 2. The fourth-order valence-electron chi connectivity index (χ4n) is 1.03. The van der Waals surface area contributed by atoms with Crippen LogP contribution in [0, 0.1) is 0 Å². The molecular weight excluding hydrogens is 164 g/mol. The molecule has 1 aliphatic rings. The molecule has 0 aromatic carbocycles. The van der Waals surface area contributed by atoms with Crippen molar-refractivity contribution < 1.29 is 9.47 Å². The smallest absolute Gasteiger partial charge is 0.158 e. The zero-order chi connectivity index (χ0) is 8.10. The average Bonchev–Trinajstić information content (AvgIpc) is 2.03. The Bertz CT molecular complexity index is 130. The molecule has 0 spiro atoms. The molecule has 1 heterocycles. The first-order valence-corrected chi connectivity index (χ1v) is 4.23. The van der Waals surface area contributed by atoms with Crippen molar-refractivity contribution in [2.45, 2.75) is 25.6 Å². The summed E-state index contributed by atoms with van der Waals surface area (Å²) in [5.41, 5.74) is 0. The van der Waals surface area contributed by atoms with Crippen LogP contribution < -0.4 is 0 Å². The van der Waals surface area contributed by atoms with Crippen LogP contribution in [-0.4, -0.2) is 19.5 Å². The van der Waals surface area contributed by atoms with Crippen LogP contribution in [0.5, 0.6) is 0 Å². The van der Waals surface area contributed by atoms with Gasteiger partial charge in [0, 0.05) is 11.6 Å². The van der Waals surface area contributed by atoms with E-state index in [4.69, 9.17) is 21.1 Å². The first-order chi connectivity index (χ1) is 5.29. The lowest BCUT2D eigenvalue weighted by Crippen LogP contribution is -2.22. The van der Waals surface area contributed by atoms with Crippen LogP contribution in [-0.2, 0) is 9.47 Å². The molecule has 0 N–H and O–H groups in total. The second-order valence-electron chi connectivity index (χ2n) is 2.62. The van der Waals surface area contributed by atoms with Crippen molar-refractivity contribution >= 4 is 11.6 Å². The number of hydrogen-bond donors (Lipinski definition) is 0. The molecule has 1 aliphatic heterocycles. The van der Waals surface area contributed by atoms with Crippen molar-refractivity contribution in [1.29, 1.82) is 0 Å². The molecular formula is C8H13ClO2. The van der Waals surface area contributed by atoms with Gasteiger partial charge in [0.25, 0.3) is 0 Å². The highest BCUT2D eigenvalue weighted by atomic mass is 35.5. The zero-order valence-corrected chi connectivity index (χ0v) is 7.27. The zero-order valence-electron chi connectivity index (χ0n) is 6.51. The molecule has 1 fully saturated rings. The van der Waals surface area contributed by atoms with Gasteiger partial charge in [-0.1, -0.05) is 18.2 Å². The van der Waals surface area contributed by atoms with Crippen LogP contribution in [0.2, 0.25) is 0 Å². The van der Waals surface area contributed by atoms with Crippen LogP contribution in [0.3, 0.4) is 0 Å². The normalized spacial score (nSPS) is 25.0. The summed E-state index contributed by atoms with van der Waals surface area (Å²) in [5.74, 6) is 0. The molecule has 1 rings (SSSR count). The second kappa shape index (κ2) is 4.75. The topological polar surface area (TPSA) is 18.5 Å². The van der Waals surface area contributed by atoms with Gasteiger partial charge >= 0.3 is 0 Å². The van der Waals surface area contributed by atoms with Gasteiger partial charge in [-0.3, -0.25) is 0 Å². The minimum Gasteiger partial charge on any atom is -0.353 e. The Morgan fingerprint density at radius 1 is 1.64 bits per heavy atom. The Hall–Kier alpha value is -0.0500. The van der Waals surface area contributed by atoms with Gasteiger partial charge in [-0.2, -0.15) is 0 Å². The average molecular weight is 177 g/mol. The summed E-state index contributed by atoms with van der Waals surface area (Å²) < 4.78 is 10.6. The van der Waals surface area contributed by atoms with Gasteiger partial charge in [-0.25, -0.2) is 0 Å². The van der Waals surface area contributed by atoms with Crippen molar-refractivity contribution in [2.75, 3.05) is 13.2 Å². The molecule has 1 saturated heterocycles. The summed E-state index contributed by atoms with van der Waals surface area (Å²) in [6, 6.07) is 0. The van der Waals surface area contributed by atoms with Crippen LogP contribution in [0.15, 0.2) is 11.6 Å². The maximum Gasteiger partial charge on any atom is 0.158 e. The summed E-state index contributed by atoms with van der Waals surface area (Å²) in [7, 11) is 0. The van der Waals surface area contributed by atoms with E-state index in [1.54, 1.807) is 0 Å². The molecule has 2 nitrogen and oxygen atoms in total. The van der Waals surface area contributed by atoms with Crippen molar-refractivity contribution in [2.24, 2.45) is 0 Å². The molecule has 0 aromatic rings. The number of halogens is 1. The van der Waals surface area contributed by atoms with E-state index in [9.17, 15) is 0 Å². The maximum absolute atomic E-state index is 5.52. The lowest BCUT2D eigenvalue weighted by Gasteiger charge is -2.22. The lowest BCUT2D eigenvalue weighted by atomic mass is 10.2. The highest BCUT2D eigenvalue weighted by Gasteiger charge is 2.13. The first-order valence-electron chi connectivity index (χ1n) is 3.85. The van der Waals surface area contributed by atoms with Crippen molar-refractivity contribution in [3.8, 4) is 0 Å². The molecule has 3 heteroatoms. The highest BCUT2D eigenvalue weighted by Crippen LogP contribution is 2.14. The van der Waals surface area contributed by atoms with Crippen LogP contribution >= 0.6 is 11.6 Å². The molecule has 11 heavy (non-hydrogen) atoms. The third kappa shape index (κ3) is 3.75. The van der Waals surface area contributed by atoms with E-state index in [1.165, 1.54) is 6.42 Å². The molecule has 1 unspecified atom stereocenters. The quantitative estimate of drug-likeness (QED) is 0.657. The molecule has 0 bridgehead atoms. The fraction of sp³-hybridized carbons (Fsp3) is 0.750. The molecule has 0 radical (unpaired) electrons. The third-order valence-electron chi connectivity index (χ3n) is 1.56. The standard InChI is InChI=1S/C8H13ClO2/c1-7(9)6-11-8-4-2-3-5-10-8/h8H,1-6H2. The summed E-state index contributed by atoms with van der Waals surface area (Å²) in [6.07, 6.45) is 3.24. The van der Waals surface area contributed by atoms with E-state index in [1.807, 2.05) is 0 Å². The van der Waals surface area contributed by atoms with Crippen molar-refractivity contribution in [3.05, 3.63) is 11.6 Å². The van der Waals surface area contributed by atoms with E-state index >= 15 is 0 Å². The van der Waals surface area contributed by atoms with Gasteiger partial charge in [0.05, 0.1) is 6.61 Å². The van der Waals surface area contributed by atoms with Crippen LogP contribution in [0.25, 0.3) is 0 Å². The minimum absolute atomic E-state index is 0.0563. The molecule has 0 saturated carbocycles. The lowest BCUT2D eigenvalue weighted by molar-refractivity contribution is -0.155. The predicted octanol–water partition coefficient (Wildman–Crippen LogP) is 2.28. The predicted molar refractivity (Wildman–Crippen MR) is 44.5 cm³/mol. The van der Waals surface area contributed by atoms with E-state index in [-0.39, 0.29) is 6.29 Å². The molecule has 64 valence electrons. The third-order valence-corrected chi connectivity index (χ3v) is 1.67. The Balaban J connectivity index is 2.09. The van der Waals surface area contributed by atoms with Crippen molar-refractivity contribution in [1.82, 2.24) is 0 Å². The fourth-order valence-corrected chi connectivity index (χ4v) is 1.09. The SMILES string of the molecule is C=C(Cl)COC1CCCCO1. The van der Waals surface area contributed by atoms with Gasteiger partial charge in [-0.15, -0.1) is 0 Å². The first kappa shape index (κ1) is 9.04. The summed E-state index contributed by atoms with van der Waals surface area (Å²) in [5, 5.41) is 0.527. The molecule has 1 atom stereocenters. The highest BCUT2D eigenvalue weighted by molar-refractivity contribution is 6.29. The van der Waals surface area contributed by atoms with Crippen LogP contribution in [0.1, 0.15) is 19.3 Å².